The topological polar surface area (TPSA) is 24.9 Å². The van der Waals surface area contributed by atoms with E-state index in [1.165, 1.54) is 34.4 Å². The van der Waals surface area contributed by atoms with Crippen LogP contribution in [0.15, 0.2) is 36.5 Å². The summed E-state index contributed by atoms with van der Waals surface area (Å²) in [6.07, 6.45) is 10.1. The van der Waals surface area contributed by atoms with Crippen LogP contribution in [0.25, 0.3) is 12.2 Å². The van der Waals surface area contributed by atoms with Crippen molar-refractivity contribution >= 4 is 12.2 Å². The Morgan fingerprint density at radius 2 is 1.81 bits per heavy atom. The molecular weight excluding hydrogens is 256 g/mol. The van der Waals surface area contributed by atoms with Crippen LogP contribution in [0.3, 0.4) is 0 Å². The molecule has 1 aromatic carbocycles. The zero-order chi connectivity index (χ0) is 14.1. The van der Waals surface area contributed by atoms with Gasteiger partial charge in [0, 0.05) is 6.20 Å². The van der Waals surface area contributed by atoms with Crippen LogP contribution >= 0.6 is 0 Å². The second-order valence-corrected chi connectivity index (χ2v) is 5.97. The smallest absolute Gasteiger partial charge is 0.0673 e. The minimum Gasteiger partial charge on any atom is -0.317 e. The Morgan fingerprint density at radius 3 is 2.67 bits per heavy atom. The number of hydrogen-bond donors (Lipinski definition) is 1. The van der Waals surface area contributed by atoms with E-state index in [1.54, 1.807) is 0 Å². The fraction of sp³-hybridized carbons (Fsp3) is 0.316. The predicted molar refractivity (Wildman–Crippen MR) is 86.5 cm³/mol. The van der Waals surface area contributed by atoms with Crippen molar-refractivity contribution in [2.24, 2.45) is 0 Å². The molecule has 0 amide bonds. The molecule has 0 atom stereocenters. The van der Waals surface area contributed by atoms with Crippen LogP contribution in [0.4, 0.5) is 0 Å². The molecule has 1 aromatic heterocycles. The highest BCUT2D eigenvalue weighted by Gasteiger charge is 2.20. The number of rotatable bonds is 1. The molecule has 1 saturated heterocycles. The lowest BCUT2D eigenvalue weighted by atomic mass is 9.86. The summed E-state index contributed by atoms with van der Waals surface area (Å²) in [5.74, 6) is 0.686. The van der Waals surface area contributed by atoms with Gasteiger partial charge >= 0.3 is 0 Å². The first-order valence-electron chi connectivity index (χ1n) is 7.87. The number of nitrogens with one attached hydrogen (secondary N) is 1. The highest BCUT2D eigenvalue weighted by Crippen LogP contribution is 2.30. The van der Waals surface area contributed by atoms with Gasteiger partial charge in [-0.15, -0.1) is 0 Å². The molecule has 2 heterocycles. The first-order valence-corrected chi connectivity index (χ1v) is 7.87. The third-order valence-electron chi connectivity index (χ3n) is 4.72. The molecule has 2 nitrogen and oxygen atoms in total. The molecule has 21 heavy (non-hydrogen) atoms. The van der Waals surface area contributed by atoms with Gasteiger partial charge in [-0.25, -0.2) is 0 Å². The fourth-order valence-electron chi connectivity index (χ4n) is 3.57. The third-order valence-corrected chi connectivity index (χ3v) is 4.72. The Kier molecular flexibility index (Phi) is 3.32. The number of fused-ring (bicyclic) bond motifs is 2. The van der Waals surface area contributed by atoms with Gasteiger partial charge in [0.1, 0.15) is 0 Å². The molecule has 0 radical (unpaired) electrons. The molecule has 0 saturated carbocycles. The lowest BCUT2D eigenvalue weighted by Gasteiger charge is -2.25. The molecular formula is C19H20N2. The predicted octanol–water partition coefficient (Wildman–Crippen LogP) is 1.71. The molecule has 1 aliphatic heterocycles. The maximum absolute atomic E-state index is 4.64. The Bertz CT molecular complexity index is 770. The van der Waals surface area contributed by atoms with Crippen molar-refractivity contribution in [1.82, 2.24) is 10.3 Å². The van der Waals surface area contributed by atoms with E-state index < -0.39 is 0 Å². The van der Waals surface area contributed by atoms with Gasteiger partial charge in [-0.2, -0.15) is 0 Å². The minimum atomic E-state index is 0.686. The van der Waals surface area contributed by atoms with Crippen molar-refractivity contribution < 1.29 is 0 Å². The van der Waals surface area contributed by atoms with E-state index in [-0.39, 0.29) is 0 Å². The van der Waals surface area contributed by atoms with E-state index in [1.807, 2.05) is 6.20 Å². The standard InChI is InChI=1S/C19H20N2/c1-2-4-16-13-19-18(6-5-14(16)3-1)17(9-12-21-19)15-7-10-20-11-8-15/h1-5,9,12-13,15,20H,6-8,10-11H2. The normalized spacial score (nSPS) is 17.9. The van der Waals surface area contributed by atoms with Gasteiger partial charge < -0.3 is 5.32 Å². The lowest BCUT2D eigenvalue weighted by Crippen LogP contribution is -2.27. The van der Waals surface area contributed by atoms with Crippen LogP contribution in [0.2, 0.25) is 0 Å². The van der Waals surface area contributed by atoms with Gasteiger partial charge in [0.2, 0.25) is 0 Å². The molecule has 106 valence electrons. The zero-order valence-corrected chi connectivity index (χ0v) is 12.2. The number of benzene rings is 1. The lowest BCUT2D eigenvalue weighted by molar-refractivity contribution is 0.458. The summed E-state index contributed by atoms with van der Waals surface area (Å²) in [6.45, 7) is 2.27. The minimum absolute atomic E-state index is 0.686. The molecule has 2 aromatic rings. The average Bonchev–Trinajstić information content (AvgIpc) is 2.74. The van der Waals surface area contributed by atoms with Crippen molar-refractivity contribution in [2.45, 2.75) is 25.2 Å². The average molecular weight is 276 g/mol. The van der Waals surface area contributed by atoms with Crippen LogP contribution < -0.4 is 15.8 Å². The zero-order valence-electron chi connectivity index (χ0n) is 12.2. The van der Waals surface area contributed by atoms with Gasteiger partial charge in [0.25, 0.3) is 0 Å². The summed E-state index contributed by atoms with van der Waals surface area (Å²) in [7, 11) is 0. The molecule has 1 fully saturated rings. The van der Waals surface area contributed by atoms with E-state index in [0.717, 1.165) is 25.2 Å². The largest absolute Gasteiger partial charge is 0.317 e. The number of pyridine rings is 1. The summed E-state index contributed by atoms with van der Waals surface area (Å²) in [5, 5.41) is 6.07. The second-order valence-electron chi connectivity index (χ2n) is 5.97. The number of hydrogen-bond acceptors (Lipinski definition) is 2. The van der Waals surface area contributed by atoms with Crippen molar-refractivity contribution in [3.63, 3.8) is 0 Å². The van der Waals surface area contributed by atoms with E-state index in [9.17, 15) is 0 Å². The van der Waals surface area contributed by atoms with Crippen molar-refractivity contribution in [1.29, 1.82) is 0 Å². The van der Waals surface area contributed by atoms with Gasteiger partial charge in [0.15, 0.2) is 0 Å². The van der Waals surface area contributed by atoms with Crippen LogP contribution in [0.1, 0.15) is 35.6 Å². The quantitative estimate of drug-likeness (QED) is 0.858. The van der Waals surface area contributed by atoms with Gasteiger partial charge in [-0.3, -0.25) is 4.98 Å². The molecule has 0 bridgehead atoms. The summed E-state index contributed by atoms with van der Waals surface area (Å²) < 4.78 is 0. The van der Waals surface area contributed by atoms with Gasteiger partial charge in [0.05, 0.1) is 5.69 Å². The van der Waals surface area contributed by atoms with Crippen LogP contribution in [-0.2, 0) is 6.42 Å². The third kappa shape index (κ3) is 2.40. The highest BCUT2D eigenvalue weighted by molar-refractivity contribution is 5.58. The van der Waals surface area contributed by atoms with E-state index in [0.29, 0.717) is 5.92 Å². The monoisotopic (exact) mass is 276 g/mol. The van der Waals surface area contributed by atoms with Crippen molar-refractivity contribution in [3.8, 4) is 0 Å². The fourth-order valence-corrected chi connectivity index (χ4v) is 3.57. The summed E-state index contributed by atoms with van der Waals surface area (Å²) in [6, 6.07) is 10.8. The van der Waals surface area contributed by atoms with Crippen molar-refractivity contribution in [3.05, 3.63) is 63.8 Å². The molecule has 0 spiro atoms. The summed E-state index contributed by atoms with van der Waals surface area (Å²) in [4.78, 5) is 4.64. The number of nitrogens with zero attached hydrogens (tertiary/aromatic N) is 1. The van der Waals surface area contributed by atoms with Crippen LogP contribution in [-0.4, -0.2) is 18.1 Å². The molecule has 2 aliphatic rings. The van der Waals surface area contributed by atoms with Gasteiger partial charge in [-0.1, -0.05) is 30.3 Å². The second kappa shape index (κ2) is 5.45. The molecule has 0 unspecified atom stereocenters. The Labute approximate surface area is 125 Å². The van der Waals surface area contributed by atoms with Gasteiger partial charge in [-0.05, 0) is 72.0 Å². The Morgan fingerprint density at radius 1 is 1.00 bits per heavy atom. The first kappa shape index (κ1) is 12.8. The summed E-state index contributed by atoms with van der Waals surface area (Å²) >= 11 is 0. The Balaban J connectivity index is 1.84. The molecule has 1 N–H and O–H groups in total. The maximum Gasteiger partial charge on any atom is 0.0673 e. The van der Waals surface area contributed by atoms with E-state index >= 15 is 0 Å². The SMILES string of the molecule is C1=c2ccccc2=Cc2nccc(C3CCNCC3)c2C1. The van der Waals surface area contributed by atoms with E-state index in [2.05, 4.69) is 52.8 Å². The van der Waals surface area contributed by atoms with Crippen molar-refractivity contribution in [2.75, 3.05) is 13.1 Å². The van der Waals surface area contributed by atoms with Crippen LogP contribution in [0.5, 0.6) is 0 Å². The molecule has 2 heteroatoms. The van der Waals surface area contributed by atoms with Crippen LogP contribution in [0, 0.1) is 0 Å². The molecule has 4 rings (SSSR count). The van der Waals surface area contributed by atoms with E-state index in [4.69, 9.17) is 0 Å². The maximum atomic E-state index is 4.64. The Hall–Kier alpha value is -1.93. The summed E-state index contributed by atoms with van der Waals surface area (Å²) in [5.41, 5.74) is 4.11. The number of aromatic nitrogens is 1. The highest BCUT2D eigenvalue weighted by atomic mass is 14.9. The molecule has 1 aliphatic carbocycles. The first-order chi connectivity index (χ1) is 10.4. The number of piperidine rings is 1.